The molecule has 5 rings (SSSR count). The molecular weight excluding hydrogens is 526 g/mol. The van der Waals surface area contributed by atoms with Crippen molar-refractivity contribution >= 4 is 57.1 Å². The number of anilines is 1. The maximum absolute atomic E-state index is 13.7. The minimum atomic E-state index is -0.603. The third-order valence-electron chi connectivity index (χ3n) is 7.18. The first-order valence-corrected chi connectivity index (χ1v) is 13.9. The maximum atomic E-state index is 13.7. The van der Waals surface area contributed by atoms with Gasteiger partial charge in [-0.15, -0.1) is 11.3 Å². The van der Waals surface area contributed by atoms with Crippen LogP contribution in [0.1, 0.15) is 53.7 Å². The topological polar surface area (TPSA) is 111 Å². The lowest BCUT2D eigenvalue weighted by Crippen LogP contribution is -2.29. The van der Waals surface area contributed by atoms with Crippen molar-refractivity contribution in [2.45, 2.75) is 33.6 Å². The number of para-hydroxylation sites is 1. The summed E-state index contributed by atoms with van der Waals surface area (Å²) >= 11 is 1.65. The number of carbonyl (C=O) groups is 2. The summed E-state index contributed by atoms with van der Waals surface area (Å²) in [6.45, 7) is 6.08. The summed E-state index contributed by atoms with van der Waals surface area (Å²) in [4.78, 5) is 42.9. The number of esters is 1. The summed E-state index contributed by atoms with van der Waals surface area (Å²) in [6.07, 6.45) is 3.65. The Morgan fingerprint density at radius 2 is 1.93 bits per heavy atom. The normalized spacial score (nSPS) is 16.0. The molecule has 8 nitrogen and oxygen atoms in total. The van der Waals surface area contributed by atoms with Gasteiger partial charge in [-0.2, -0.15) is 0 Å². The first kappa shape index (κ1) is 27.2. The van der Waals surface area contributed by atoms with Crippen molar-refractivity contribution in [3.63, 3.8) is 0 Å². The van der Waals surface area contributed by atoms with E-state index < -0.39 is 23.4 Å². The number of allylic oxidation sites excluding steroid dienone is 1. The number of amides is 1. The number of rotatable bonds is 6. The fraction of sp³-hybridized carbons (Fsp3) is 0.258. The van der Waals surface area contributed by atoms with Crippen LogP contribution in [0.3, 0.4) is 0 Å². The van der Waals surface area contributed by atoms with Crippen molar-refractivity contribution in [1.82, 2.24) is 4.98 Å². The lowest BCUT2D eigenvalue weighted by molar-refractivity contribution is -0.384. The van der Waals surface area contributed by atoms with Gasteiger partial charge < -0.3 is 10.1 Å². The number of pyridine rings is 1. The van der Waals surface area contributed by atoms with Gasteiger partial charge in [0.15, 0.2) is 6.61 Å². The molecule has 0 bridgehead atoms. The van der Waals surface area contributed by atoms with E-state index in [1.165, 1.54) is 24.3 Å². The van der Waals surface area contributed by atoms with E-state index in [2.05, 4.69) is 38.2 Å². The number of hydrogen-bond acceptors (Lipinski definition) is 7. The first-order chi connectivity index (χ1) is 19.1. The molecule has 0 fully saturated rings. The minimum absolute atomic E-state index is 0.0166. The molecule has 1 amide bonds. The summed E-state index contributed by atoms with van der Waals surface area (Å²) in [7, 11) is 0. The van der Waals surface area contributed by atoms with Crippen molar-refractivity contribution in [3.8, 4) is 0 Å². The highest BCUT2D eigenvalue weighted by atomic mass is 32.1. The van der Waals surface area contributed by atoms with Crippen LogP contribution in [-0.2, 0) is 16.0 Å². The Balaban J connectivity index is 1.49. The fourth-order valence-electron chi connectivity index (χ4n) is 5.01. The first-order valence-electron chi connectivity index (χ1n) is 13.0. The highest BCUT2D eigenvalue weighted by Gasteiger charge is 2.35. The SMILES string of the molecule is CC(C)(C)[C@@H]1C/C(=C/c2cccs2)c2nc3ccccc3c(C(=O)OCC(=O)Nc3cccc([N+](=O)[O-])c3)c2C1. The Morgan fingerprint density at radius 1 is 1.12 bits per heavy atom. The number of ether oxygens (including phenoxy) is 1. The number of nitro groups is 1. The van der Waals surface area contributed by atoms with Crippen LogP contribution in [0.25, 0.3) is 22.6 Å². The number of thiophene rings is 1. The van der Waals surface area contributed by atoms with E-state index in [1.807, 2.05) is 35.7 Å². The minimum Gasteiger partial charge on any atom is -0.452 e. The molecule has 1 N–H and O–H groups in total. The molecule has 2 aromatic heterocycles. The lowest BCUT2D eigenvalue weighted by Gasteiger charge is -2.36. The molecule has 4 aromatic rings. The largest absolute Gasteiger partial charge is 0.452 e. The Bertz CT molecular complexity index is 1640. The number of nitro benzene ring substituents is 1. The summed E-state index contributed by atoms with van der Waals surface area (Å²) < 4.78 is 5.55. The molecule has 9 heteroatoms. The molecular formula is C31H29N3O5S. The van der Waals surface area contributed by atoms with Gasteiger partial charge in [0.2, 0.25) is 0 Å². The van der Waals surface area contributed by atoms with Crippen LogP contribution >= 0.6 is 11.3 Å². The summed E-state index contributed by atoms with van der Waals surface area (Å²) in [5.74, 6) is -0.932. The van der Waals surface area contributed by atoms with E-state index in [0.29, 0.717) is 22.9 Å². The van der Waals surface area contributed by atoms with E-state index in [-0.39, 0.29) is 22.7 Å². The second-order valence-corrected chi connectivity index (χ2v) is 11.9. The van der Waals surface area contributed by atoms with Gasteiger partial charge in [0.05, 0.1) is 21.7 Å². The molecule has 204 valence electrons. The summed E-state index contributed by atoms with van der Waals surface area (Å²) in [5.41, 5.74) is 3.89. The number of aromatic nitrogens is 1. The standard InChI is InChI=1S/C31H29N3O5S/c1-31(2,3)20-14-19(15-23-10-7-13-40-23)29-25(16-20)28(24-11-4-5-12-26(24)33-29)30(36)39-18-27(35)32-21-8-6-9-22(17-21)34(37)38/h4-13,15,17,20H,14,16,18H2,1-3H3,(H,32,35)/b19-15-/t20-/m1/s1. The van der Waals surface area contributed by atoms with Gasteiger partial charge in [-0.3, -0.25) is 14.9 Å². The Kier molecular flexibility index (Phi) is 7.49. The quantitative estimate of drug-likeness (QED) is 0.154. The van der Waals surface area contributed by atoms with E-state index >= 15 is 0 Å². The summed E-state index contributed by atoms with van der Waals surface area (Å²) in [5, 5.41) is 16.3. The van der Waals surface area contributed by atoms with Gasteiger partial charge in [0, 0.05) is 28.1 Å². The van der Waals surface area contributed by atoms with Gasteiger partial charge in [0.1, 0.15) is 0 Å². The number of nitrogens with zero attached hydrogens (tertiary/aromatic N) is 2. The number of hydrogen-bond donors (Lipinski definition) is 1. The zero-order valence-electron chi connectivity index (χ0n) is 22.5. The van der Waals surface area contributed by atoms with Gasteiger partial charge in [-0.1, -0.05) is 51.1 Å². The van der Waals surface area contributed by atoms with Gasteiger partial charge >= 0.3 is 5.97 Å². The molecule has 1 atom stereocenters. The molecule has 2 heterocycles. The zero-order valence-corrected chi connectivity index (χ0v) is 23.3. The molecule has 0 saturated carbocycles. The van der Waals surface area contributed by atoms with Crippen LogP contribution in [0.5, 0.6) is 0 Å². The number of benzene rings is 2. The molecule has 0 radical (unpaired) electrons. The van der Waals surface area contributed by atoms with Crippen LogP contribution < -0.4 is 5.32 Å². The monoisotopic (exact) mass is 555 g/mol. The average Bonchev–Trinajstić information content (AvgIpc) is 3.43. The molecule has 0 spiro atoms. The van der Waals surface area contributed by atoms with Crippen molar-refractivity contribution in [1.29, 1.82) is 0 Å². The van der Waals surface area contributed by atoms with Crippen molar-refractivity contribution in [2.24, 2.45) is 11.3 Å². The lowest BCUT2D eigenvalue weighted by atomic mass is 9.69. The van der Waals surface area contributed by atoms with Crippen LogP contribution in [0.15, 0.2) is 66.0 Å². The van der Waals surface area contributed by atoms with Crippen LogP contribution in [0.4, 0.5) is 11.4 Å². The predicted molar refractivity (Wildman–Crippen MR) is 157 cm³/mol. The molecule has 0 unspecified atom stereocenters. The van der Waals surface area contributed by atoms with Gasteiger partial charge in [-0.25, -0.2) is 9.78 Å². The molecule has 2 aromatic carbocycles. The second kappa shape index (κ2) is 11.0. The second-order valence-electron chi connectivity index (χ2n) is 10.9. The zero-order chi connectivity index (χ0) is 28.4. The van der Waals surface area contributed by atoms with E-state index in [4.69, 9.17) is 9.72 Å². The number of fused-ring (bicyclic) bond motifs is 2. The summed E-state index contributed by atoms with van der Waals surface area (Å²) in [6, 6.07) is 17.1. The Morgan fingerprint density at radius 3 is 2.65 bits per heavy atom. The fourth-order valence-corrected chi connectivity index (χ4v) is 5.69. The average molecular weight is 556 g/mol. The van der Waals surface area contributed by atoms with Crippen molar-refractivity contribution in [3.05, 3.63) is 97.9 Å². The Hall–Kier alpha value is -4.37. The van der Waals surface area contributed by atoms with Crippen LogP contribution in [0, 0.1) is 21.4 Å². The van der Waals surface area contributed by atoms with Crippen molar-refractivity contribution in [2.75, 3.05) is 11.9 Å². The van der Waals surface area contributed by atoms with E-state index in [1.54, 1.807) is 11.3 Å². The van der Waals surface area contributed by atoms with Gasteiger partial charge in [-0.05, 0) is 65.0 Å². The smallest absolute Gasteiger partial charge is 0.339 e. The Labute approximate surface area is 235 Å². The number of nitrogens with one attached hydrogen (secondary N) is 1. The molecule has 1 aliphatic rings. The molecule has 0 saturated heterocycles. The van der Waals surface area contributed by atoms with Crippen molar-refractivity contribution < 1.29 is 19.2 Å². The van der Waals surface area contributed by atoms with Crippen LogP contribution in [-0.4, -0.2) is 28.4 Å². The van der Waals surface area contributed by atoms with Crippen LogP contribution in [0.2, 0.25) is 0 Å². The predicted octanol–water partition coefficient (Wildman–Crippen LogP) is 7.15. The van der Waals surface area contributed by atoms with E-state index in [9.17, 15) is 19.7 Å². The highest BCUT2D eigenvalue weighted by molar-refractivity contribution is 7.10. The third kappa shape index (κ3) is 5.79. The number of non-ortho nitro benzene ring substituents is 1. The molecule has 1 aliphatic carbocycles. The third-order valence-corrected chi connectivity index (χ3v) is 8.00. The highest BCUT2D eigenvalue weighted by Crippen LogP contribution is 2.45. The van der Waals surface area contributed by atoms with E-state index in [0.717, 1.165) is 28.1 Å². The van der Waals surface area contributed by atoms with Gasteiger partial charge in [0.25, 0.3) is 11.6 Å². The number of carbonyl (C=O) groups excluding carboxylic acids is 2. The molecule has 0 aliphatic heterocycles. The maximum Gasteiger partial charge on any atom is 0.339 e. The molecule has 40 heavy (non-hydrogen) atoms.